The Morgan fingerprint density at radius 1 is 1.17 bits per heavy atom. The molecule has 0 bridgehead atoms. The predicted octanol–water partition coefficient (Wildman–Crippen LogP) is 2.59. The van der Waals surface area contributed by atoms with Crippen LogP contribution in [0.25, 0.3) is 0 Å². The van der Waals surface area contributed by atoms with Crippen molar-refractivity contribution in [3.05, 3.63) is 48.0 Å². The molecule has 24 heavy (non-hydrogen) atoms. The molecule has 0 aliphatic carbocycles. The van der Waals surface area contributed by atoms with Crippen molar-refractivity contribution in [2.45, 2.75) is 38.6 Å². The third-order valence-corrected chi connectivity index (χ3v) is 3.30. The number of unbranched alkanes of at least 4 members (excludes halogenated alkanes) is 3. The zero-order valence-electron chi connectivity index (χ0n) is 13.9. The monoisotopic (exact) mass is 332 g/mol. The Morgan fingerprint density at radius 2 is 1.88 bits per heavy atom. The zero-order valence-corrected chi connectivity index (χ0v) is 13.9. The summed E-state index contributed by atoms with van der Waals surface area (Å²) in [5.74, 6) is -1.05. The van der Waals surface area contributed by atoms with Gasteiger partial charge in [-0.2, -0.15) is 0 Å². The molecule has 130 valence electrons. The number of Topliss-reactive ketones (excluding diaryl/α,β-unsaturated/α-hetero) is 1. The predicted molar refractivity (Wildman–Crippen MR) is 91.5 cm³/mol. The second kappa shape index (κ2) is 11.0. The largest absolute Gasteiger partial charge is 0.450 e. The van der Waals surface area contributed by atoms with E-state index in [2.05, 4.69) is 12.2 Å². The summed E-state index contributed by atoms with van der Waals surface area (Å²) in [7, 11) is 0. The fraction of sp³-hybridized carbons (Fsp3) is 0.389. The number of alkyl carbamates (subject to hydrolysis) is 1. The van der Waals surface area contributed by atoms with Crippen LogP contribution in [-0.2, 0) is 9.53 Å². The maximum absolute atomic E-state index is 12.4. The van der Waals surface area contributed by atoms with E-state index in [1.165, 1.54) is 6.08 Å². The third-order valence-electron chi connectivity index (χ3n) is 3.30. The number of nitrogens with two attached hydrogens (primary N) is 1. The SMILES string of the molecule is CCCCCCOC(=O)NC(/C=C/C(N)=O)C(=O)c1ccccc1. The molecule has 0 aromatic heterocycles. The van der Waals surface area contributed by atoms with Crippen LogP contribution in [0.15, 0.2) is 42.5 Å². The van der Waals surface area contributed by atoms with Gasteiger partial charge in [0.15, 0.2) is 5.78 Å². The first-order valence-corrected chi connectivity index (χ1v) is 8.04. The molecule has 2 amide bonds. The molecule has 1 aromatic carbocycles. The number of carbonyl (C=O) groups is 3. The van der Waals surface area contributed by atoms with Gasteiger partial charge in [-0.15, -0.1) is 0 Å². The summed E-state index contributed by atoms with van der Waals surface area (Å²) in [6, 6.07) is 7.46. The maximum atomic E-state index is 12.4. The first kappa shape index (κ1) is 19.4. The molecule has 0 heterocycles. The van der Waals surface area contributed by atoms with E-state index in [9.17, 15) is 14.4 Å². The molecular formula is C18H24N2O4. The van der Waals surface area contributed by atoms with Crippen LogP contribution in [0.1, 0.15) is 43.0 Å². The Hall–Kier alpha value is -2.63. The van der Waals surface area contributed by atoms with Gasteiger partial charge in [0.1, 0.15) is 6.04 Å². The molecule has 0 fully saturated rings. The Morgan fingerprint density at radius 3 is 2.50 bits per heavy atom. The van der Waals surface area contributed by atoms with Crippen LogP contribution in [-0.4, -0.2) is 30.4 Å². The van der Waals surface area contributed by atoms with Crippen LogP contribution < -0.4 is 11.1 Å². The highest BCUT2D eigenvalue weighted by Gasteiger charge is 2.20. The van der Waals surface area contributed by atoms with Gasteiger partial charge in [-0.1, -0.05) is 56.5 Å². The number of ether oxygens (including phenoxy) is 1. The van der Waals surface area contributed by atoms with Crippen LogP contribution in [0.3, 0.4) is 0 Å². The fourth-order valence-corrected chi connectivity index (χ4v) is 2.04. The second-order valence-electron chi connectivity index (χ2n) is 5.31. The molecule has 0 aliphatic rings. The lowest BCUT2D eigenvalue weighted by Crippen LogP contribution is -2.40. The molecule has 0 spiro atoms. The molecule has 0 saturated carbocycles. The van der Waals surface area contributed by atoms with E-state index in [4.69, 9.17) is 10.5 Å². The minimum absolute atomic E-state index is 0.289. The first-order chi connectivity index (χ1) is 11.5. The van der Waals surface area contributed by atoms with Gasteiger partial charge in [-0.3, -0.25) is 9.59 Å². The molecule has 1 unspecified atom stereocenters. The minimum Gasteiger partial charge on any atom is -0.450 e. The van der Waals surface area contributed by atoms with Crippen molar-refractivity contribution in [2.75, 3.05) is 6.61 Å². The van der Waals surface area contributed by atoms with E-state index in [0.29, 0.717) is 5.56 Å². The Labute approximate surface area is 142 Å². The van der Waals surface area contributed by atoms with Gasteiger partial charge in [0.2, 0.25) is 5.91 Å². The van der Waals surface area contributed by atoms with E-state index in [-0.39, 0.29) is 12.4 Å². The zero-order chi connectivity index (χ0) is 17.8. The molecule has 1 rings (SSSR count). The number of benzene rings is 1. The van der Waals surface area contributed by atoms with Gasteiger partial charge in [-0.25, -0.2) is 4.79 Å². The third kappa shape index (κ3) is 7.58. The number of rotatable bonds is 10. The van der Waals surface area contributed by atoms with Gasteiger partial charge >= 0.3 is 6.09 Å². The lowest BCUT2D eigenvalue weighted by molar-refractivity contribution is -0.113. The van der Waals surface area contributed by atoms with Gasteiger partial charge in [0.05, 0.1) is 6.61 Å². The van der Waals surface area contributed by atoms with Gasteiger partial charge < -0.3 is 15.8 Å². The van der Waals surface area contributed by atoms with Crippen LogP contribution in [0, 0.1) is 0 Å². The average molecular weight is 332 g/mol. The van der Waals surface area contributed by atoms with Crippen LogP contribution in [0.5, 0.6) is 0 Å². The van der Waals surface area contributed by atoms with Crippen LogP contribution in [0.2, 0.25) is 0 Å². The topological polar surface area (TPSA) is 98.5 Å². The summed E-state index contributed by atoms with van der Waals surface area (Å²) >= 11 is 0. The Bertz CT molecular complexity index is 570. The molecule has 0 saturated heterocycles. The van der Waals surface area contributed by atoms with E-state index >= 15 is 0 Å². The summed E-state index contributed by atoms with van der Waals surface area (Å²) in [6.07, 6.45) is 5.55. The van der Waals surface area contributed by atoms with E-state index in [1.807, 2.05) is 0 Å². The fourth-order valence-electron chi connectivity index (χ4n) is 2.04. The van der Waals surface area contributed by atoms with Crippen LogP contribution >= 0.6 is 0 Å². The first-order valence-electron chi connectivity index (χ1n) is 8.04. The standard InChI is InChI=1S/C18H24N2O4/c1-2-3-4-8-13-24-18(23)20-15(11-12-16(19)21)17(22)14-9-6-5-7-10-14/h5-7,9-12,15H,2-4,8,13H2,1H3,(H2,19,21)(H,20,23)/b12-11+. The molecule has 6 heteroatoms. The number of amides is 2. The van der Waals surface area contributed by atoms with Crippen molar-refractivity contribution in [3.8, 4) is 0 Å². The average Bonchev–Trinajstić information content (AvgIpc) is 2.58. The normalized spacial score (nSPS) is 11.9. The minimum atomic E-state index is -1.01. The van der Waals surface area contributed by atoms with E-state index < -0.39 is 18.0 Å². The maximum Gasteiger partial charge on any atom is 0.407 e. The van der Waals surface area contributed by atoms with Crippen molar-refractivity contribution in [1.29, 1.82) is 0 Å². The number of nitrogens with one attached hydrogen (secondary N) is 1. The van der Waals surface area contributed by atoms with Crippen molar-refractivity contribution < 1.29 is 19.1 Å². The van der Waals surface area contributed by atoms with Crippen molar-refractivity contribution in [2.24, 2.45) is 5.73 Å². The number of hydrogen-bond acceptors (Lipinski definition) is 4. The lowest BCUT2D eigenvalue weighted by Gasteiger charge is -2.14. The Kier molecular flexibility index (Phi) is 8.89. The summed E-state index contributed by atoms with van der Waals surface area (Å²) < 4.78 is 5.06. The van der Waals surface area contributed by atoms with Gasteiger partial charge in [0.25, 0.3) is 0 Å². The number of primary amides is 1. The molecule has 1 aromatic rings. The van der Waals surface area contributed by atoms with Crippen molar-refractivity contribution in [1.82, 2.24) is 5.32 Å². The summed E-state index contributed by atoms with van der Waals surface area (Å²) in [5, 5.41) is 2.46. The quantitative estimate of drug-likeness (QED) is 0.391. The summed E-state index contributed by atoms with van der Waals surface area (Å²) in [4.78, 5) is 35.2. The van der Waals surface area contributed by atoms with Crippen LogP contribution in [0.4, 0.5) is 4.79 Å². The Balaban J connectivity index is 2.64. The smallest absolute Gasteiger partial charge is 0.407 e. The highest BCUT2D eigenvalue weighted by Crippen LogP contribution is 2.06. The molecule has 6 nitrogen and oxygen atoms in total. The summed E-state index contributed by atoms with van der Waals surface area (Å²) in [5.41, 5.74) is 5.47. The van der Waals surface area contributed by atoms with Crippen molar-refractivity contribution in [3.63, 3.8) is 0 Å². The molecule has 3 N–H and O–H groups in total. The van der Waals surface area contributed by atoms with Gasteiger partial charge in [0, 0.05) is 11.6 Å². The highest BCUT2D eigenvalue weighted by molar-refractivity contribution is 6.03. The van der Waals surface area contributed by atoms with E-state index in [0.717, 1.165) is 31.8 Å². The molecular weight excluding hydrogens is 308 g/mol. The molecule has 1 atom stereocenters. The number of hydrogen-bond donors (Lipinski definition) is 2. The summed E-state index contributed by atoms with van der Waals surface area (Å²) in [6.45, 7) is 2.38. The second-order valence-corrected chi connectivity index (χ2v) is 5.31. The van der Waals surface area contributed by atoms with E-state index in [1.54, 1.807) is 30.3 Å². The van der Waals surface area contributed by atoms with Crippen molar-refractivity contribution >= 4 is 17.8 Å². The highest BCUT2D eigenvalue weighted by atomic mass is 16.5. The number of ketones is 1. The molecule has 0 radical (unpaired) electrons. The number of carbonyl (C=O) groups excluding carboxylic acids is 3. The van der Waals surface area contributed by atoms with Gasteiger partial charge in [-0.05, 0) is 12.5 Å². The molecule has 0 aliphatic heterocycles. The lowest BCUT2D eigenvalue weighted by atomic mass is 10.0.